The van der Waals surface area contributed by atoms with Crippen molar-refractivity contribution in [2.45, 2.75) is 38.4 Å². The summed E-state index contributed by atoms with van der Waals surface area (Å²) in [5.74, 6) is 0.355. The Kier molecular flexibility index (Phi) is 5.95. The van der Waals surface area contributed by atoms with Crippen LogP contribution in [0.25, 0.3) is 11.3 Å². The Morgan fingerprint density at radius 1 is 1.27 bits per heavy atom. The summed E-state index contributed by atoms with van der Waals surface area (Å²) < 4.78 is 0. The molecule has 0 unspecified atom stereocenters. The Morgan fingerprint density at radius 2 is 2.00 bits per heavy atom. The van der Waals surface area contributed by atoms with Crippen LogP contribution in [0.2, 0.25) is 0 Å². The lowest BCUT2D eigenvalue weighted by Crippen LogP contribution is -2.33. The van der Waals surface area contributed by atoms with Gasteiger partial charge in [0, 0.05) is 17.3 Å². The lowest BCUT2D eigenvalue weighted by atomic mass is 10.1. The number of rotatable bonds is 6. The number of nitrogens with one attached hydrogen (secondary N) is 1. The summed E-state index contributed by atoms with van der Waals surface area (Å²) in [6.45, 7) is 5.99. The number of thioether (sulfide) groups is 1. The fraction of sp³-hybridized carbons (Fsp3) is 0.353. The zero-order chi connectivity index (χ0) is 15.9. The number of hydrogen-bond donors (Lipinski definition) is 1. The summed E-state index contributed by atoms with van der Waals surface area (Å²) in [6, 6.07) is 12.1. The molecule has 0 aliphatic heterocycles. The molecule has 4 nitrogen and oxygen atoms in total. The van der Waals surface area contributed by atoms with Crippen molar-refractivity contribution in [2.24, 2.45) is 0 Å². The van der Waals surface area contributed by atoms with Crippen LogP contribution in [0.5, 0.6) is 0 Å². The molecular formula is C17H21N3OS. The van der Waals surface area contributed by atoms with Gasteiger partial charge in [-0.3, -0.25) is 4.79 Å². The number of nitrogens with zero attached hydrogens (tertiary/aromatic N) is 2. The first-order valence-electron chi connectivity index (χ1n) is 7.41. The van der Waals surface area contributed by atoms with Crippen LogP contribution in [-0.4, -0.2) is 27.7 Å². The van der Waals surface area contributed by atoms with E-state index in [-0.39, 0.29) is 11.9 Å². The maximum atomic E-state index is 11.8. The van der Waals surface area contributed by atoms with E-state index in [2.05, 4.69) is 15.3 Å². The van der Waals surface area contributed by atoms with Crippen molar-refractivity contribution >= 4 is 17.7 Å². The second-order valence-electron chi connectivity index (χ2n) is 5.21. The van der Waals surface area contributed by atoms with E-state index in [1.165, 1.54) is 11.8 Å². The Bertz CT molecular complexity index is 631. The fourth-order valence-electron chi connectivity index (χ4n) is 1.91. The molecule has 0 aliphatic rings. The van der Waals surface area contributed by atoms with Crippen molar-refractivity contribution in [2.75, 3.05) is 5.75 Å². The van der Waals surface area contributed by atoms with Gasteiger partial charge in [-0.05, 0) is 26.3 Å². The molecule has 1 aromatic carbocycles. The minimum Gasteiger partial charge on any atom is -0.353 e. The van der Waals surface area contributed by atoms with Crippen LogP contribution < -0.4 is 5.32 Å². The van der Waals surface area contributed by atoms with Crippen molar-refractivity contribution in [3.63, 3.8) is 0 Å². The first kappa shape index (κ1) is 16.5. The number of hydrogen-bond acceptors (Lipinski definition) is 4. The second kappa shape index (κ2) is 7.94. The van der Waals surface area contributed by atoms with Crippen LogP contribution in [0.3, 0.4) is 0 Å². The molecule has 1 heterocycles. The molecule has 2 rings (SSSR count). The molecule has 5 heteroatoms. The first-order valence-corrected chi connectivity index (χ1v) is 8.40. The number of aromatic nitrogens is 2. The molecule has 1 amide bonds. The highest BCUT2D eigenvalue weighted by atomic mass is 32.2. The van der Waals surface area contributed by atoms with Gasteiger partial charge in [0.25, 0.3) is 0 Å². The SMILES string of the molecule is CC[C@@H](C)NC(=O)CSc1nc(C)cc(-c2ccccc2)n1. The molecule has 0 radical (unpaired) electrons. The van der Waals surface area contributed by atoms with Gasteiger partial charge in [0.05, 0.1) is 11.4 Å². The average molecular weight is 315 g/mol. The van der Waals surface area contributed by atoms with Crippen LogP contribution >= 0.6 is 11.8 Å². The molecule has 22 heavy (non-hydrogen) atoms. The highest BCUT2D eigenvalue weighted by Gasteiger charge is 2.09. The third kappa shape index (κ3) is 4.84. The number of benzene rings is 1. The molecule has 0 saturated carbocycles. The minimum absolute atomic E-state index is 0.0192. The van der Waals surface area contributed by atoms with Gasteiger partial charge in [0.15, 0.2) is 5.16 Å². The summed E-state index contributed by atoms with van der Waals surface area (Å²) in [5.41, 5.74) is 2.84. The monoisotopic (exact) mass is 315 g/mol. The van der Waals surface area contributed by atoms with Gasteiger partial charge in [0.2, 0.25) is 5.91 Å². The standard InChI is InChI=1S/C17H21N3OS/c1-4-12(2)18-16(21)11-22-17-19-13(3)10-15(20-17)14-8-6-5-7-9-14/h5-10,12H,4,11H2,1-3H3,(H,18,21)/t12-/m1/s1. The van der Waals surface area contributed by atoms with Crippen LogP contribution in [0.1, 0.15) is 26.0 Å². The van der Waals surface area contributed by atoms with Crippen molar-refractivity contribution < 1.29 is 4.79 Å². The molecule has 1 aromatic heterocycles. The normalized spacial score (nSPS) is 12.0. The predicted octanol–water partition coefficient (Wildman–Crippen LogP) is 3.46. The predicted molar refractivity (Wildman–Crippen MR) is 90.8 cm³/mol. The van der Waals surface area contributed by atoms with E-state index in [4.69, 9.17) is 0 Å². The largest absolute Gasteiger partial charge is 0.353 e. The van der Waals surface area contributed by atoms with E-state index in [1.807, 2.05) is 57.2 Å². The van der Waals surface area contributed by atoms with Crippen LogP contribution in [0.4, 0.5) is 0 Å². The van der Waals surface area contributed by atoms with Gasteiger partial charge in [-0.1, -0.05) is 49.0 Å². The lowest BCUT2D eigenvalue weighted by molar-refractivity contribution is -0.119. The molecule has 1 atom stereocenters. The topological polar surface area (TPSA) is 54.9 Å². The smallest absolute Gasteiger partial charge is 0.230 e. The maximum Gasteiger partial charge on any atom is 0.230 e. The third-order valence-electron chi connectivity index (χ3n) is 3.26. The quantitative estimate of drug-likeness (QED) is 0.655. The van der Waals surface area contributed by atoms with Gasteiger partial charge in [0.1, 0.15) is 0 Å². The van der Waals surface area contributed by atoms with E-state index >= 15 is 0 Å². The Hall–Kier alpha value is -1.88. The second-order valence-corrected chi connectivity index (χ2v) is 6.15. The molecule has 116 valence electrons. The zero-order valence-electron chi connectivity index (χ0n) is 13.2. The van der Waals surface area contributed by atoms with Crippen LogP contribution in [-0.2, 0) is 4.79 Å². The molecular weight excluding hydrogens is 294 g/mol. The summed E-state index contributed by atoms with van der Waals surface area (Å²) in [5, 5.41) is 3.58. The van der Waals surface area contributed by atoms with Crippen molar-refractivity contribution in [1.29, 1.82) is 0 Å². The minimum atomic E-state index is 0.0192. The highest BCUT2D eigenvalue weighted by molar-refractivity contribution is 7.99. The molecule has 1 N–H and O–H groups in total. The van der Waals surface area contributed by atoms with Crippen molar-refractivity contribution in [1.82, 2.24) is 15.3 Å². The van der Waals surface area contributed by atoms with Gasteiger partial charge in [-0.25, -0.2) is 9.97 Å². The van der Waals surface area contributed by atoms with E-state index < -0.39 is 0 Å². The summed E-state index contributed by atoms with van der Waals surface area (Å²) in [7, 11) is 0. The maximum absolute atomic E-state index is 11.8. The van der Waals surface area contributed by atoms with Gasteiger partial charge >= 0.3 is 0 Å². The lowest BCUT2D eigenvalue weighted by Gasteiger charge is -2.11. The Labute approximate surface area is 135 Å². The fourth-order valence-corrected chi connectivity index (χ4v) is 2.63. The van der Waals surface area contributed by atoms with Gasteiger partial charge in [-0.2, -0.15) is 0 Å². The highest BCUT2D eigenvalue weighted by Crippen LogP contribution is 2.21. The molecule has 0 fully saturated rings. The van der Waals surface area contributed by atoms with Crippen LogP contribution in [0, 0.1) is 6.92 Å². The molecule has 2 aromatic rings. The summed E-state index contributed by atoms with van der Waals surface area (Å²) in [6.07, 6.45) is 0.926. The Morgan fingerprint density at radius 3 is 2.68 bits per heavy atom. The number of carbonyl (C=O) groups is 1. The summed E-state index contributed by atoms with van der Waals surface area (Å²) in [4.78, 5) is 20.8. The average Bonchev–Trinajstić information content (AvgIpc) is 2.53. The molecule has 0 aliphatic carbocycles. The van der Waals surface area contributed by atoms with E-state index in [9.17, 15) is 4.79 Å². The van der Waals surface area contributed by atoms with Gasteiger partial charge in [-0.15, -0.1) is 0 Å². The van der Waals surface area contributed by atoms with E-state index in [1.54, 1.807) is 0 Å². The zero-order valence-corrected chi connectivity index (χ0v) is 14.0. The molecule has 0 saturated heterocycles. The third-order valence-corrected chi connectivity index (χ3v) is 4.10. The van der Waals surface area contributed by atoms with Crippen LogP contribution in [0.15, 0.2) is 41.6 Å². The Balaban J connectivity index is 2.06. The van der Waals surface area contributed by atoms with Crippen molar-refractivity contribution in [3.8, 4) is 11.3 Å². The number of amides is 1. The molecule has 0 spiro atoms. The first-order chi connectivity index (χ1) is 10.6. The number of carbonyl (C=O) groups excluding carboxylic acids is 1. The molecule has 0 bridgehead atoms. The summed E-state index contributed by atoms with van der Waals surface area (Å²) >= 11 is 1.37. The van der Waals surface area contributed by atoms with E-state index in [0.29, 0.717) is 10.9 Å². The number of aryl methyl sites for hydroxylation is 1. The van der Waals surface area contributed by atoms with Crippen molar-refractivity contribution in [3.05, 3.63) is 42.1 Å². The van der Waals surface area contributed by atoms with E-state index in [0.717, 1.165) is 23.4 Å². The van der Waals surface area contributed by atoms with Gasteiger partial charge < -0.3 is 5.32 Å².